The molecule has 2 rings (SSSR count). The second-order valence-electron chi connectivity index (χ2n) is 4.47. The third-order valence-electron chi connectivity index (χ3n) is 2.99. The van der Waals surface area contributed by atoms with Gasteiger partial charge in [-0.25, -0.2) is 0 Å². The fourth-order valence-electron chi connectivity index (χ4n) is 1.86. The third-order valence-corrected chi connectivity index (χ3v) is 2.99. The fourth-order valence-corrected chi connectivity index (χ4v) is 1.86. The van der Waals surface area contributed by atoms with E-state index in [0.717, 1.165) is 5.56 Å². The van der Waals surface area contributed by atoms with E-state index in [1.54, 1.807) is 36.8 Å². The average molecular weight is 291 g/mol. The van der Waals surface area contributed by atoms with Gasteiger partial charge in [0.05, 0.1) is 17.9 Å². The second-order valence-corrected chi connectivity index (χ2v) is 4.47. The van der Waals surface area contributed by atoms with Crippen molar-refractivity contribution in [1.29, 1.82) is 0 Å². The standard InChI is InChI=1S/C18H15N2O2/c1-15(17-9-5-6-12-19-17)20(13-14-21)18(22)11-10-16-7-3-2-4-8-16/h2-12H,1,13H2/b11-10+. The van der Waals surface area contributed by atoms with Crippen LogP contribution in [-0.4, -0.2) is 28.6 Å². The molecule has 0 spiro atoms. The van der Waals surface area contributed by atoms with Crippen LogP contribution < -0.4 is 0 Å². The van der Waals surface area contributed by atoms with Crippen molar-refractivity contribution >= 4 is 24.0 Å². The molecule has 0 atom stereocenters. The summed E-state index contributed by atoms with van der Waals surface area (Å²) >= 11 is 0. The number of carbonyl (C=O) groups excluding carboxylic acids is 2. The molecule has 2 aromatic rings. The number of aromatic nitrogens is 1. The summed E-state index contributed by atoms with van der Waals surface area (Å²) in [5, 5.41) is 0. The highest BCUT2D eigenvalue weighted by molar-refractivity contribution is 5.98. The maximum Gasteiger partial charge on any atom is 0.251 e. The Morgan fingerprint density at radius 1 is 1.18 bits per heavy atom. The lowest BCUT2D eigenvalue weighted by Gasteiger charge is -2.20. The summed E-state index contributed by atoms with van der Waals surface area (Å²) in [5.74, 6) is -0.345. The van der Waals surface area contributed by atoms with E-state index in [2.05, 4.69) is 11.6 Å². The zero-order valence-electron chi connectivity index (χ0n) is 12.0. The minimum Gasteiger partial charge on any atom is -0.299 e. The van der Waals surface area contributed by atoms with E-state index in [4.69, 9.17) is 0 Å². The van der Waals surface area contributed by atoms with Crippen LogP contribution >= 0.6 is 0 Å². The lowest BCUT2D eigenvalue weighted by atomic mass is 10.2. The van der Waals surface area contributed by atoms with E-state index in [1.165, 1.54) is 11.0 Å². The minimum atomic E-state index is -0.345. The Hall–Kier alpha value is -3.01. The molecule has 109 valence electrons. The van der Waals surface area contributed by atoms with Gasteiger partial charge < -0.3 is 0 Å². The van der Waals surface area contributed by atoms with E-state index in [1.807, 2.05) is 30.3 Å². The van der Waals surface area contributed by atoms with Crippen molar-refractivity contribution in [2.45, 2.75) is 0 Å². The van der Waals surface area contributed by atoms with Crippen LogP contribution in [0.3, 0.4) is 0 Å². The first-order valence-corrected chi connectivity index (χ1v) is 6.72. The Bertz CT molecular complexity index is 679. The van der Waals surface area contributed by atoms with Crippen molar-refractivity contribution in [1.82, 2.24) is 9.88 Å². The first-order chi connectivity index (χ1) is 10.7. The topological polar surface area (TPSA) is 50.3 Å². The van der Waals surface area contributed by atoms with Gasteiger partial charge in [-0.2, -0.15) is 0 Å². The van der Waals surface area contributed by atoms with Gasteiger partial charge in [0.25, 0.3) is 5.91 Å². The van der Waals surface area contributed by atoms with Crippen LogP contribution in [0, 0.1) is 0 Å². The summed E-state index contributed by atoms with van der Waals surface area (Å²) in [6.07, 6.45) is 6.42. The molecule has 0 fully saturated rings. The molecule has 0 N–H and O–H groups in total. The molecule has 1 aromatic heterocycles. The van der Waals surface area contributed by atoms with Gasteiger partial charge in [0, 0.05) is 12.3 Å². The first-order valence-electron chi connectivity index (χ1n) is 6.72. The van der Waals surface area contributed by atoms with Gasteiger partial charge in [0.15, 0.2) is 0 Å². The third kappa shape index (κ3) is 3.99. The van der Waals surface area contributed by atoms with Crippen LogP contribution in [0.5, 0.6) is 0 Å². The average Bonchev–Trinajstić information content (AvgIpc) is 2.58. The number of carbonyl (C=O) groups is 1. The molecule has 1 heterocycles. The SMILES string of the molecule is C=C(c1ccccn1)N(C[C]=O)C(=O)/C=C/c1ccccc1. The molecule has 22 heavy (non-hydrogen) atoms. The molecule has 1 radical (unpaired) electrons. The molecule has 0 saturated heterocycles. The van der Waals surface area contributed by atoms with Gasteiger partial charge in [0.2, 0.25) is 6.29 Å². The van der Waals surface area contributed by atoms with Crippen molar-refractivity contribution < 1.29 is 9.59 Å². The minimum absolute atomic E-state index is 0.187. The number of pyridine rings is 1. The van der Waals surface area contributed by atoms with E-state index < -0.39 is 0 Å². The summed E-state index contributed by atoms with van der Waals surface area (Å²) in [7, 11) is 0. The number of amides is 1. The lowest BCUT2D eigenvalue weighted by Crippen LogP contribution is -2.29. The maximum absolute atomic E-state index is 12.3. The maximum atomic E-state index is 12.3. The van der Waals surface area contributed by atoms with Gasteiger partial charge in [-0.05, 0) is 23.8 Å². The quantitative estimate of drug-likeness (QED) is 0.769. The lowest BCUT2D eigenvalue weighted by molar-refractivity contribution is -0.122. The summed E-state index contributed by atoms with van der Waals surface area (Å²) in [5.41, 5.74) is 1.81. The van der Waals surface area contributed by atoms with Crippen LogP contribution in [-0.2, 0) is 9.59 Å². The van der Waals surface area contributed by atoms with E-state index >= 15 is 0 Å². The zero-order valence-corrected chi connectivity index (χ0v) is 12.0. The van der Waals surface area contributed by atoms with Crippen molar-refractivity contribution in [3.05, 3.63) is 78.6 Å². The highest BCUT2D eigenvalue weighted by Crippen LogP contribution is 2.15. The summed E-state index contributed by atoms with van der Waals surface area (Å²) in [6.45, 7) is 3.66. The Kier molecular flexibility index (Phi) is 5.37. The highest BCUT2D eigenvalue weighted by atomic mass is 16.2. The Balaban J connectivity index is 2.17. The molecule has 0 aliphatic heterocycles. The van der Waals surface area contributed by atoms with Crippen LogP contribution in [0.1, 0.15) is 11.3 Å². The van der Waals surface area contributed by atoms with Gasteiger partial charge in [-0.15, -0.1) is 0 Å². The molecule has 4 nitrogen and oxygen atoms in total. The van der Waals surface area contributed by atoms with Gasteiger partial charge >= 0.3 is 0 Å². The summed E-state index contributed by atoms with van der Waals surface area (Å²) < 4.78 is 0. The van der Waals surface area contributed by atoms with Crippen molar-refractivity contribution in [3.8, 4) is 0 Å². The van der Waals surface area contributed by atoms with Crippen LogP contribution in [0.2, 0.25) is 0 Å². The van der Waals surface area contributed by atoms with Crippen molar-refractivity contribution in [3.63, 3.8) is 0 Å². The Morgan fingerprint density at radius 2 is 1.91 bits per heavy atom. The highest BCUT2D eigenvalue weighted by Gasteiger charge is 2.16. The molecular weight excluding hydrogens is 276 g/mol. The van der Waals surface area contributed by atoms with Crippen molar-refractivity contribution in [2.24, 2.45) is 0 Å². The fraction of sp³-hybridized carbons (Fsp3) is 0.0556. The summed E-state index contributed by atoms with van der Waals surface area (Å²) in [6, 6.07) is 14.7. The molecule has 4 heteroatoms. The number of benzene rings is 1. The predicted octanol–water partition coefficient (Wildman–Crippen LogP) is 2.70. The Morgan fingerprint density at radius 3 is 2.55 bits per heavy atom. The van der Waals surface area contributed by atoms with Gasteiger partial charge in [-0.3, -0.25) is 19.5 Å². The number of hydrogen-bond donors (Lipinski definition) is 0. The van der Waals surface area contributed by atoms with Crippen LogP contribution in [0.4, 0.5) is 0 Å². The molecule has 1 amide bonds. The molecule has 0 saturated carbocycles. The zero-order chi connectivity index (χ0) is 15.8. The Labute approximate surface area is 129 Å². The second kappa shape index (κ2) is 7.69. The molecule has 0 bridgehead atoms. The largest absolute Gasteiger partial charge is 0.299 e. The number of hydrogen-bond acceptors (Lipinski definition) is 3. The molecule has 1 aromatic carbocycles. The van der Waals surface area contributed by atoms with Crippen molar-refractivity contribution in [2.75, 3.05) is 6.54 Å². The van der Waals surface area contributed by atoms with E-state index in [9.17, 15) is 9.59 Å². The molecule has 0 unspecified atom stereocenters. The monoisotopic (exact) mass is 291 g/mol. The predicted molar refractivity (Wildman–Crippen MR) is 86.2 cm³/mol. The number of nitrogens with zero attached hydrogens (tertiary/aromatic N) is 2. The van der Waals surface area contributed by atoms with Gasteiger partial charge in [0.1, 0.15) is 0 Å². The summed E-state index contributed by atoms with van der Waals surface area (Å²) in [4.78, 5) is 28.4. The van der Waals surface area contributed by atoms with E-state index in [-0.39, 0.29) is 12.5 Å². The van der Waals surface area contributed by atoms with Crippen LogP contribution in [0.25, 0.3) is 11.8 Å². The number of rotatable bonds is 6. The van der Waals surface area contributed by atoms with Crippen LogP contribution in [0.15, 0.2) is 67.4 Å². The molecular formula is C18H15N2O2. The smallest absolute Gasteiger partial charge is 0.251 e. The molecule has 0 aliphatic carbocycles. The first kappa shape index (κ1) is 15.4. The van der Waals surface area contributed by atoms with Gasteiger partial charge in [-0.1, -0.05) is 43.0 Å². The molecule has 0 aliphatic rings. The van der Waals surface area contributed by atoms with E-state index in [0.29, 0.717) is 11.4 Å². The normalized spacial score (nSPS) is 10.4.